The molecule has 1 amide bonds. The Morgan fingerprint density at radius 3 is 2.41 bits per heavy atom. The van der Waals surface area contributed by atoms with E-state index in [2.05, 4.69) is 39.1 Å². The topological polar surface area (TPSA) is 46.9 Å². The van der Waals surface area contributed by atoms with Gasteiger partial charge in [0.2, 0.25) is 5.91 Å². The maximum atomic E-state index is 13.6. The van der Waals surface area contributed by atoms with E-state index in [0.29, 0.717) is 18.7 Å². The highest BCUT2D eigenvalue weighted by molar-refractivity contribution is 5.87. The molecule has 0 spiro atoms. The molecule has 5 rings (SSSR count). The van der Waals surface area contributed by atoms with Gasteiger partial charge in [-0.1, -0.05) is 66.2 Å². The number of pyridine rings is 1. The van der Waals surface area contributed by atoms with E-state index in [1.165, 1.54) is 11.6 Å². The van der Waals surface area contributed by atoms with Gasteiger partial charge in [0.1, 0.15) is 0 Å². The molecule has 39 heavy (non-hydrogen) atoms. The van der Waals surface area contributed by atoms with E-state index in [4.69, 9.17) is 0 Å². The molecule has 2 heterocycles. The number of aryl methyl sites for hydroxylation is 1. The highest BCUT2D eigenvalue weighted by Crippen LogP contribution is 2.38. The van der Waals surface area contributed by atoms with Gasteiger partial charge in [-0.05, 0) is 53.4 Å². The maximum absolute atomic E-state index is 13.6. The average Bonchev–Trinajstić information content (AvgIpc) is 3.30. The van der Waals surface area contributed by atoms with E-state index in [-0.39, 0.29) is 12.3 Å². The van der Waals surface area contributed by atoms with Gasteiger partial charge in [-0.25, -0.2) is 0 Å². The summed E-state index contributed by atoms with van der Waals surface area (Å²) in [4.78, 5) is 17.2. The van der Waals surface area contributed by atoms with Crippen molar-refractivity contribution < 1.29 is 18.0 Å². The Morgan fingerprint density at radius 1 is 0.923 bits per heavy atom. The molecule has 7 heteroatoms. The number of alkyl halides is 3. The minimum atomic E-state index is -4.48. The summed E-state index contributed by atoms with van der Waals surface area (Å²) in [5.74, 6) is -0.821. The number of para-hydroxylation sites is 1. The number of carbonyl (C=O) groups excluding carboxylic acids is 1. The van der Waals surface area contributed by atoms with Crippen LogP contribution < -0.4 is 5.32 Å². The van der Waals surface area contributed by atoms with Crippen LogP contribution in [0.5, 0.6) is 0 Å². The van der Waals surface area contributed by atoms with Crippen LogP contribution in [-0.4, -0.2) is 15.5 Å². The zero-order valence-electron chi connectivity index (χ0n) is 21.5. The molecular formula is C32H28F3N3O. The van der Waals surface area contributed by atoms with Crippen molar-refractivity contribution in [2.24, 2.45) is 0 Å². The van der Waals surface area contributed by atoms with Crippen molar-refractivity contribution in [3.8, 4) is 0 Å². The fourth-order valence-corrected chi connectivity index (χ4v) is 4.87. The van der Waals surface area contributed by atoms with Gasteiger partial charge >= 0.3 is 6.18 Å². The quantitative estimate of drug-likeness (QED) is 0.231. The van der Waals surface area contributed by atoms with Crippen LogP contribution in [0, 0.1) is 6.92 Å². The van der Waals surface area contributed by atoms with Gasteiger partial charge in [0.25, 0.3) is 0 Å². The molecule has 198 valence electrons. The molecule has 0 bridgehead atoms. The van der Waals surface area contributed by atoms with Crippen LogP contribution in [0.25, 0.3) is 10.9 Å². The molecule has 0 aliphatic heterocycles. The van der Waals surface area contributed by atoms with Crippen molar-refractivity contribution >= 4 is 16.8 Å². The zero-order chi connectivity index (χ0) is 27.4. The second-order valence-corrected chi connectivity index (χ2v) is 9.73. The molecule has 2 aromatic heterocycles. The first-order chi connectivity index (χ1) is 18.8. The van der Waals surface area contributed by atoms with Gasteiger partial charge in [-0.15, -0.1) is 0 Å². The van der Waals surface area contributed by atoms with Crippen LogP contribution >= 0.6 is 0 Å². The fourth-order valence-electron chi connectivity index (χ4n) is 4.87. The number of nitrogens with zero attached hydrogens (tertiary/aromatic N) is 2. The normalized spacial score (nSPS) is 12.4. The predicted molar refractivity (Wildman–Crippen MR) is 146 cm³/mol. The SMILES string of the molecule is Cc1ccc(Cn2cc([C@H](CC(=O)NCc3ccncc3)c3cccc(C(F)(F)F)c3)c3ccccc32)cc1. The fraction of sp³-hybridized carbons (Fsp3) is 0.188. The van der Waals surface area contributed by atoms with E-state index in [9.17, 15) is 18.0 Å². The van der Waals surface area contributed by atoms with Crippen LogP contribution in [0.3, 0.4) is 0 Å². The molecule has 3 aromatic carbocycles. The lowest BCUT2D eigenvalue weighted by atomic mass is 9.87. The molecule has 0 radical (unpaired) electrons. The highest BCUT2D eigenvalue weighted by atomic mass is 19.4. The highest BCUT2D eigenvalue weighted by Gasteiger charge is 2.32. The first-order valence-corrected chi connectivity index (χ1v) is 12.7. The molecule has 5 aromatic rings. The Labute approximate surface area is 225 Å². The number of hydrogen-bond acceptors (Lipinski definition) is 2. The Morgan fingerprint density at radius 2 is 1.67 bits per heavy atom. The molecule has 0 unspecified atom stereocenters. The van der Waals surface area contributed by atoms with Crippen molar-refractivity contribution in [3.05, 3.63) is 137 Å². The van der Waals surface area contributed by atoms with Crippen LogP contribution in [0.1, 0.15) is 45.7 Å². The number of halogens is 3. The number of rotatable bonds is 8. The summed E-state index contributed by atoms with van der Waals surface area (Å²) < 4.78 is 43.0. The maximum Gasteiger partial charge on any atom is 0.416 e. The van der Waals surface area contributed by atoms with E-state index >= 15 is 0 Å². The largest absolute Gasteiger partial charge is 0.416 e. The number of aromatic nitrogens is 2. The van der Waals surface area contributed by atoms with E-state index in [0.717, 1.165) is 39.7 Å². The number of fused-ring (bicyclic) bond motifs is 1. The van der Waals surface area contributed by atoms with Crippen LogP contribution in [-0.2, 0) is 24.1 Å². The average molecular weight is 528 g/mol. The van der Waals surface area contributed by atoms with E-state index < -0.39 is 17.7 Å². The number of amides is 1. The van der Waals surface area contributed by atoms with Crippen molar-refractivity contribution in [3.63, 3.8) is 0 Å². The first kappa shape index (κ1) is 26.2. The van der Waals surface area contributed by atoms with Gasteiger partial charge < -0.3 is 9.88 Å². The van der Waals surface area contributed by atoms with E-state index in [1.807, 2.05) is 49.5 Å². The molecule has 4 nitrogen and oxygen atoms in total. The number of nitrogens with one attached hydrogen (secondary N) is 1. The molecule has 0 aliphatic carbocycles. The Balaban J connectivity index is 1.53. The molecular weight excluding hydrogens is 499 g/mol. The minimum Gasteiger partial charge on any atom is -0.352 e. The van der Waals surface area contributed by atoms with Crippen molar-refractivity contribution in [1.29, 1.82) is 0 Å². The van der Waals surface area contributed by atoms with Gasteiger partial charge in [-0.2, -0.15) is 13.2 Å². The number of carbonyl (C=O) groups is 1. The standard InChI is InChI=1S/C32H28F3N3O/c1-22-9-11-24(12-10-22)20-38-21-29(27-7-2-3-8-30(27)38)28(25-5-4-6-26(17-25)32(33,34)35)18-31(39)37-19-23-13-15-36-16-14-23/h2-17,21,28H,18-20H2,1H3,(H,37,39)/t28-/m1/s1. The van der Waals surface area contributed by atoms with Crippen LogP contribution in [0.15, 0.2) is 104 Å². The number of hydrogen-bond donors (Lipinski definition) is 1. The second kappa shape index (κ2) is 11.2. The third kappa shape index (κ3) is 6.20. The minimum absolute atomic E-state index is 0.00489. The van der Waals surface area contributed by atoms with Crippen LogP contribution in [0.4, 0.5) is 13.2 Å². The Bertz CT molecular complexity index is 1570. The lowest BCUT2D eigenvalue weighted by Gasteiger charge is -2.19. The molecule has 0 saturated heterocycles. The van der Waals surface area contributed by atoms with Crippen molar-refractivity contribution in [1.82, 2.24) is 14.9 Å². The lowest BCUT2D eigenvalue weighted by Crippen LogP contribution is -2.25. The lowest BCUT2D eigenvalue weighted by molar-refractivity contribution is -0.137. The summed E-state index contributed by atoms with van der Waals surface area (Å²) in [6.07, 6.45) is 0.797. The van der Waals surface area contributed by atoms with Gasteiger partial charge in [-0.3, -0.25) is 9.78 Å². The van der Waals surface area contributed by atoms with Crippen molar-refractivity contribution in [2.45, 2.75) is 38.5 Å². The summed E-state index contributed by atoms with van der Waals surface area (Å²) in [5, 5.41) is 3.83. The van der Waals surface area contributed by atoms with Gasteiger partial charge in [0.05, 0.1) is 5.56 Å². The summed E-state index contributed by atoms with van der Waals surface area (Å²) in [6.45, 7) is 2.95. The first-order valence-electron chi connectivity index (χ1n) is 12.7. The molecule has 0 aliphatic rings. The number of benzene rings is 3. The third-order valence-electron chi connectivity index (χ3n) is 6.91. The second-order valence-electron chi connectivity index (χ2n) is 9.73. The van der Waals surface area contributed by atoms with Crippen LogP contribution in [0.2, 0.25) is 0 Å². The van der Waals surface area contributed by atoms with Crippen molar-refractivity contribution in [2.75, 3.05) is 0 Å². The molecule has 1 atom stereocenters. The zero-order valence-corrected chi connectivity index (χ0v) is 21.5. The monoisotopic (exact) mass is 527 g/mol. The Kier molecular flexibility index (Phi) is 7.50. The van der Waals surface area contributed by atoms with Gasteiger partial charge in [0, 0.05) is 54.9 Å². The Hall–Kier alpha value is -4.39. The van der Waals surface area contributed by atoms with E-state index in [1.54, 1.807) is 18.5 Å². The molecule has 1 N–H and O–H groups in total. The summed E-state index contributed by atoms with van der Waals surface area (Å²) in [6, 6.07) is 25.0. The molecule has 0 fully saturated rings. The summed E-state index contributed by atoms with van der Waals surface area (Å²) >= 11 is 0. The summed E-state index contributed by atoms with van der Waals surface area (Å²) in [5.41, 5.74) is 4.66. The summed E-state index contributed by atoms with van der Waals surface area (Å²) in [7, 11) is 0. The smallest absolute Gasteiger partial charge is 0.352 e. The molecule has 0 saturated carbocycles. The third-order valence-corrected chi connectivity index (χ3v) is 6.91. The predicted octanol–water partition coefficient (Wildman–Crippen LogP) is 7.25. The van der Waals surface area contributed by atoms with Gasteiger partial charge in [0.15, 0.2) is 0 Å².